The largest absolute Gasteiger partial charge is 0.489 e. The van der Waals surface area contributed by atoms with E-state index in [1.54, 1.807) is 6.08 Å². The van der Waals surface area contributed by atoms with Gasteiger partial charge in [-0.15, -0.1) is 0 Å². The zero-order valence-corrected chi connectivity index (χ0v) is 15.2. The molecular formula is C23H27NO2. The van der Waals surface area contributed by atoms with Gasteiger partial charge in [-0.05, 0) is 42.2 Å². The van der Waals surface area contributed by atoms with Crippen molar-refractivity contribution in [2.45, 2.75) is 51.2 Å². The minimum Gasteiger partial charge on any atom is -0.489 e. The smallest absolute Gasteiger partial charge is 0.244 e. The molecule has 2 aromatic rings. The molecule has 1 aliphatic rings. The first-order valence-electron chi connectivity index (χ1n) is 9.55. The number of nitrogens with one attached hydrogen (secondary N) is 1. The normalized spacial score (nSPS) is 15.5. The molecule has 0 bridgehead atoms. The van der Waals surface area contributed by atoms with Crippen LogP contribution in [0.25, 0.3) is 6.08 Å². The molecule has 3 heteroatoms. The minimum atomic E-state index is -0.00694. The van der Waals surface area contributed by atoms with E-state index in [1.807, 2.05) is 60.7 Å². The first-order valence-corrected chi connectivity index (χ1v) is 9.55. The number of rotatable bonds is 6. The Kier molecular flexibility index (Phi) is 6.88. The van der Waals surface area contributed by atoms with Crippen LogP contribution in [-0.4, -0.2) is 11.9 Å². The molecule has 0 radical (unpaired) electrons. The van der Waals surface area contributed by atoms with Crippen molar-refractivity contribution in [1.82, 2.24) is 5.32 Å². The van der Waals surface area contributed by atoms with Crippen LogP contribution in [0.15, 0.2) is 60.7 Å². The number of carbonyl (C=O) groups is 1. The number of ether oxygens (including phenoxy) is 1. The third-order valence-electron chi connectivity index (χ3n) is 4.74. The van der Waals surface area contributed by atoms with Crippen molar-refractivity contribution in [3.05, 3.63) is 71.8 Å². The fraction of sp³-hybridized carbons (Fsp3) is 0.348. The summed E-state index contributed by atoms with van der Waals surface area (Å²) in [6.45, 7) is 0.538. The molecule has 0 aromatic heterocycles. The van der Waals surface area contributed by atoms with Gasteiger partial charge in [-0.1, -0.05) is 68.1 Å². The van der Waals surface area contributed by atoms with E-state index in [9.17, 15) is 4.79 Å². The van der Waals surface area contributed by atoms with E-state index in [4.69, 9.17) is 4.74 Å². The van der Waals surface area contributed by atoms with Gasteiger partial charge in [0.15, 0.2) is 0 Å². The number of benzene rings is 2. The maximum atomic E-state index is 12.2. The van der Waals surface area contributed by atoms with E-state index in [-0.39, 0.29) is 5.91 Å². The molecule has 136 valence electrons. The van der Waals surface area contributed by atoms with Gasteiger partial charge < -0.3 is 10.1 Å². The second-order valence-electron chi connectivity index (χ2n) is 6.88. The summed E-state index contributed by atoms with van der Waals surface area (Å²) in [4.78, 5) is 12.2. The van der Waals surface area contributed by atoms with Gasteiger partial charge in [0.05, 0.1) is 0 Å². The van der Waals surface area contributed by atoms with Crippen molar-refractivity contribution in [3.63, 3.8) is 0 Å². The van der Waals surface area contributed by atoms with Crippen LogP contribution in [0.4, 0.5) is 0 Å². The summed E-state index contributed by atoms with van der Waals surface area (Å²) in [6.07, 6.45) is 10.7. The second-order valence-corrected chi connectivity index (χ2v) is 6.88. The summed E-state index contributed by atoms with van der Waals surface area (Å²) in [6, 6.07) is 18.2. The molecule has 0 atom stereocenters. The molecule has 0 saturated heterocycles. The van der Waals surface area contributed by atoms with Gasteiger partial charge in [0.25, 0.3) is 0 Å². The fourth-order valence-electron chi connectivity index (χ4n) is 3.29. The van der Waals surface area contributed by atoms with Crippen LogP contribution in [0, 0.1) is 0 Å². The van der Waals surface area contributed by atoms with Crippen LogP contribution in [0.1, 0.15) is 49.7 Å². The first-order chi connectivity index (χ1) is 12.8. The Bertz CT molecular complexity index is 716. The summed E-state index contributed by atoms with van der Waals surface area (Å²) >= 11 is 0. The van der Waals surface area contributed by atoms with E-state index in [0.717, 1.165) is 29.7 Å². The van der Waals surface area contributed by atoms with Gasteiger partial charge in [0, 0.05) is 12.1 Å². The van der Waals surface area contributed by atoms with Crippen molar-refractivity contribution in [2.24, 2.45) is 0 Å². The quantitative estimate of drug-likeness (QED) is 0.581. The Labute approximate surface area is 156 Å². The number of carbonyl (C=O) groups excluding carboxylic acids is 1. The Balaban J connectivity index is 1.52. The molecule has 1 amide bonds. The van der Waals surface area contributed by atoms with Crippen LogP contribution in [0.3, 0.4) is 0 Å². The molecule has 0 heterocycles. The summed E-state index contributed by atoms with van der Waals surface area (Å²) < 4.78 is 5.84. The second kappa shape index (κ2) is 9.81. The lowest BCUT2D eigenvalue weighted by Gasteiger charge is -2.14. The average Bonchev–Trinajstić information content (AvgIpc) is 2.95. The van der Waals surface area contributed by atoms with Crippen LogP contribution in [0.5, 0.6) is 5.75 Å². The van der Waals surface area contributed by atoms with E-state index in [0.29, 0.717) is 12.6 Å². The lowest BCUT2D eigenvalue weighted by molar-refractivity contribution is -0.117. The maximum Gasteiger partial charge on any atom is 0.244 e. The molecule has 1 fully saturated rings. The van der Waals surface area contributed by atoms with Crippen molar-refractivity contribution >= 4 is 12.0 Å². The molecule has 26 heavy (non-hydrogen) atoms. The highest BCUT2D eigenvalue weighted by Crippen LogP contribution is 2.18. The number of amides is 1. The van der Waals surface area contributed by atoms with E-state index >= 15 is 0 Å². The fourth-order valence-corrected chi connectivity index (χ4v) is 3.29. The van der Waals surface area contributed by atoms with Crippen LogP contribution in [-0.2, 0) is 11.4 Å². The molecule has 3 rings (SSSR count). The lowest BCUT2D eigenvalue weighted by atomic mass is 10.1. The van der Waals surface area contributed by atoms with E-state index < -0.39 is 0 Å². The molecular weight excluding hydrogens is 322 g/mol. The molecule has 0 spiro atoms. The third-order valence-corrected chi connectivity index (χ3v) is 4.74. The van der Waals surface area contributed by atoms with E-state index in [2.05, 4.69) is 5.32 Å². The lowest BCUT2D eigenvalue weighted by Crippen LogP contribution is -2.33. The average molecular weight is 349 g/mol. The highest BCUT2D eigenvalue weighted by Gasteiger charge is 2.13. The van der Waals surface area contributed by atoms with Crippen molar-refractivity contribution < 1.29 is 9.53 Å². The van der Waals surface area contributed by atoms with Crippen molar-refractivity contribution in [1.29, 1.82) is 0 Å². The van der Waals surface area contributed by atoms with Crippen LogP contribution < -0.4 is 10.1 Å². The van der Waals surface area contributed by atoms with E-state index in [1.165, 1.54) is 25.7 Å². The predicted octanol–water partition coefficient (Wildman–Crippen LogP) is 5.12. The van der Waals surface area contributed by atoms with Crippen molar-refractivity contribution in [3.8, 4) is 5.75 Å². The Hall–Kier alpha value is -2.55. The zero-order chi connectivity index (χ0) is 18.0. The highest BCUT2D eigenvalue weighted by molar-refractivity contribution is 5.91. The van der Waals surface area contributed by atoms with Gasteiger partial charge in [-0.2, -0.15) is 0 Å². The number of hydrogen-bond acceptors (Lipinski definition) is 2. The molecule has 1 aliphatic carbocycles. The van der Waals surface area contributed by atoms with Crippen LogP contribution >= 0.6 is 0 Å². The third kappa shape index (κ3) is 6.07. The number of hydrogen-bond donors (Lipinski definition) is 1. The van der Waals surface area contributed by atoms with Gasteiger partial charge in [-0.25, -0.2) is 0 Å². The summed E-state index contributed by atoms with van der Waals surface area (Å²) in [5.41, 5.74) is 2.10. The van der Waals surface area contributed by atoms with Gasteiger partial charge in [0.2, 0.25) is 5.91 Å². The Morgan fingerprint density at radius 3 is 2.54 bits per heavy atom. The van der Waals surface area contributed by atoms with Gasteiger partial charge in [-0.3, -0.25) is 4.79 Å². The Morgan fingerprint density at radius 2 is 1.77 bits per heavy atom. The minimum absolute atomic E-state index is 0.00694. The summed E-state index contributed by atoms with van der Waals surface area (Å²) in [7, 11) is 0. The first kappa shape index (κ1) is 18.2. The molecule has 2 aromatic carbocycles. The van der Waals surface area contributed by atoms with Gasteiger partial charge in [0.1, 0.15) is 12.4 Å². The van der Waals surface area contributed by atoms with Gasteiger partial charge >= 0.3 is 0 Å². The maximum absolute atomic E-state index is 12.2. The zero-order valence-electron chi connectivity index (χ0n) is 15.2. The SMILES string of the molecule is O=C(/C=C/c1cccc(OCc2ccccc2)c1)NC1CCCCCC1. The molecule has 1 N–H and O–H groups in total. The summed E-state index contributed by atoms with van der Waals surface area (Å²) in [5.74, 6) is 0.799. The summed E-state index contributed by atoms with van der Waals surface area (Å²) in [5, 5.41) is 3.13. The Morgan fingerprint density at radius 1 is 1.00 bits per heavy atom. The molecule has 0 unspecified atom stereocenters. The molecule has 0 aliphatic heterocycles. The topological polar surface area (TPSA) is 38.3 Å². The highest BCUT2D eigenvalue weighted by atomic mass is 16.5. The van der Waals surface area contributed by atoms with Crippen LogP contribution in [0.2, 0.25) is 0 Å². The standard InChI is InChI=1S/C23H27NO2/c25-23(24-21-12-6-1-2-7-13-21)16-15-19-11-8-14-22(17-19)26-18-20-9-4-3-5-10-20/h3-5,8-11,14-17,21H,1-2,6-7,12-13,18H2,(H,24,25)/b16-15+. The molecule has 1 saturated carbocycles. The monoisotopic (exact) mass is 349 g/mol. The predicted molar refractivity (Wildman–Crippen MR) is 106 cm³/mol. The van der Waals surface area contributed by atoms with Crippen molar-refractivity contribution in [2.75, 3.05) is 0 Å². The molecule has 3 nitrogen and oxygen atoms in total.